The van der Waals surface area contributed by atoms with E-state index in [1.54, 1.807) is 10.9 Å². The molecule has 0 amide bonds. The summed E-state index contributed by atoms with van der Waals surface area (Å²) in [6.07, 6.45) is 1.56. The Labute approximate surface area is 192 Å². The molecule has 0 bridgehead atoms. The number of anilines is 1. The highest BCUT2D eigenvalue weighted by atomic mass is 35.5. The second kappa shape index (κ2) is 8.05. The third-order valence-electron chi connectivity index (χ3n) is 5.28. The zero-order valence-electron chi connectivity index (χ0n) is 17.5. The van der Waals surface area contributed by atoms with Gasteiger partial charge in [-0.05, 0) is 42.0 Å². The minimum atomic E-state index is -0.123. The van der Waals surface area contributed by atoms with Gasteiger partial charge in [0, 0.05) is 30.5 Å². The fourth-order valence-corrected chi connectivity index (χ4v) is 4.94. The topological polar surface area (TPSA) is 76.2 Å². The molecule has 0 aliphatic rings. The first-order chi connectivity index (χ1) is 15.5. The lowest BCUT2D eigenvalue weighted by Gasteiger charge is -2.13. The quantitative estimate of drug-likeness (QED) is 0.421. The van der Waals surface area contributed by atoms with Gasteiger partial charge in [-0.1, -0.05) is 23.7 Å². The summed E-state index contributed by atoms with van der Waals surface area (Å²) < 4.78 is 4.10. The molecule has 0 fully saturated rings. The third kappa shape index (κ3) is 3.46. The van der Waals surface area contributed by atoms with Crippen LogP contribution >= 0.6 is 22.9 Å². The van der Waals surface area contributed by atoms with E-state index in [0.717, 1.165) is 27.4 Å². The van der Waals surface area contributed by atoms with Crippen LogP contribution < -0.4 is 10.5 Å². The molecule has 0 atom stereocenters. The Balaban J connectivity index is 1.61. The highest BCUT2D eigenvalue weighted by Crippen LogP contribution is 2.32. The monoisotopic (exact) mass is 465 g/mol. The molecule has 0 saturated carbocycles. The number of nitrogens with zero attached hydrogens (tertiary/aromatic N) is 5. The number of aliphatic hydroxyl groups is 1. The Hall–Kier alpha value is -3.20. The number of aromatic nitrogens is 4. The number of hydrogen-bond donors (Lipinski definition) is 1. The van der Waals surface area contributed by atoms with E-state index in [4.69, 9.17) is 16.6 Å². The normalized spacial score (nSPS) is 11.5. The van der Waals surface area contributed by atoms with Gasteiger partial charge in [0.2, 0.25) is 5.95 Å². The number of benzene rings is 2. The van der Waals surface area contributed by atoms with Crippen LogP contribution in [0.4, 0.5) is 5.95 Å². The van der Waals surface area contributed by atoms with E-state index in [-0.39, 0.29) is 12.2 Å². The van der Waals surface area contributed by atoms with E-state index in [2.05, 4.69) is 4.98 Å². The first kappa shape index (κ1) is 20.7. The fourth-order valence-electron chi connectivity index (χ4n) is 3.77. The van der Waals surface area contributed by atoms with Crippen LogP contribution in [0.5, 0.6) is 0 Å². The SMILES string of the molecule is CN(C)c1nc2cc(-n3cnc4cc(-c5ccc(Cl)cc5)sc4c3=O)ccc2n1CCO. The molecule has 3 aromatic heterocycles. The van der Waals surface area contributed by atoms with Crippen molar-refractivity contribution in [3.8, 4) is 16.1 Å². The summed E-state index contributed by atoms with van der Waals surface area (Å²) in [6.45, 7) is 0.460. The lowest BCUT2D eigenvalue weighted by molar-refractivity contribution is 0.278. The van der Waals surface area contributed by atoms with Crippen molar-refractivity contribution in [3.63, 3.8) is 0 Å². The van der Waals surface area contributed by atoms with E-state index >= 15 is 0 Å². The van der Waals surface area contributed by atoms with Crippen LogP contribution in [0, 0.1) is 0 Å². The van der Waals surface area contributed by atoms with Crippen molar-refractivity contribution in [3.05, 3.63) is 70.2 Å². The largest absolute Gasteiger partial charge is 0.395 e. The third-order valence-corrected chi connectivity index (χ3v) is 6.69. The Morgan fingerprint density at radius 1 is 1.09 bits per heavy atom. The summed E-state index contributed by atoms with van der Waals surface area (Å²) in [4.78, 5) is 25.4. The van der Waals surface area contributed by atoms with Crippen molar-refractivity contribution in [2.75, 3.05) is 25.6 Å². The number of aliphatic hydroxyl groups excluding tert-OH is 1. The smallest absolute Gasteiger partial charge is 0.275 e. The first-order valence-corrected chi connectivity index (χ1v) is 11.2. The molecule has 0 aliphatic heterocycles. The van der Waals surface area contributed by atoms with Crippen LogP contribution in [-0.4, -0.2) is 44.9 Å². The maximum Gasteiger partial charge on any atom is 0.275 e. The summed E-state index contributed by atoms with van der Waals surface area (Å²) in [7, 11) is 3.82. The standard InChI is InChI=1S/C23H20ClN5O2S/c1-27(2)23-26-17-11-16(7-8-19(17)28(23)9-10-30)29-13-25-18-12-20(32-21(18)22(29)31)14-3-5-15(24)6-4-14/h3-8,11-13,30H,9-10H2,1-2H3. The van der Waals surface area contributed by atoms with Gasteiger partial charge in [-0.25, -0.2) is 9.97 Å². The van der Waals surface area contributed by atoms with Gasteiger partial charge >= 0.3 is 0 Å². The molecule has 9 heteroatoms. The molecule has 0 spiro atoms. The Bertz CT molecular complexity index is 1500. The van der Waals surface area contributed by atoms with Crippen LogP contribution in [-0.2, 0) is 6.54 Å². The molecule has 0 aliphatic carbocycles. The number of imidazole rings is 1. The summed E-state index contributed by atoms with van der Waals surface area (Å²) in [5.74, 6) is 0.748. The van der Waals surface area contributed by atoms with Gasteiger partial charge in [0.15, 0.2) is 0 Å². The van der Waals surface area contributed by atoms with Crippen LogP contribution in [0.25, 0.3) is 37.4 Å². The molecule has 32 heavy (non-hydrogen) atoms. The molecule has 7 nitrogen and oxygen atoms in total. The molecule has 1 N–H and O–H groups in total. The Kier molecular flexibility index (Phi) is 5.21. The molecule has 2 aromatic carbocycles. The minimum absolute atomic E-state index is 0.0163. The van der Waals surface area contributed by atoms with E-state index in [1.165, 1.54) is 11.3 Å². The maximum absolute atomic E-state index is 13.3. The first-order valence-electron chi connectivity index (χ1n) is 10.0. The van der Waals surface area contributed by atoms with Crippen molar-refractivity contribution < 1.29 is 5.11 Å². The summed E-state index contributed by atoms with van der Waals surface area (Å²) in [6, 6.07) is 15.1. The van der Waals surface area contributed by atoms with Gasteiger partial charge < -0.3 is 14.6 Å². The second-order valence-corrected chi connectivity index (χ2v) is 9.09. The number of halogens is 1. The molecule has 5 aromatic rings. The average molecular weight is 466 g/mol. The second-order valence-electron chi connectivity index (χ2n) is 7.61. The van der Waals surface area contributed by atoms with Crippen molar-refractivity contribution >= 4 is 50.1 Å². The average Bonchev–Trinajstić information content (AvgIpc) is 3.37. The predicted molar refractivity (Wildman–Crippen MR) is 130 cm³/mol. The Morgan fingerprint density at radius 2 is 1.88 bits per heavy atom. The molecular weight excluding hydrogens is 446 g/mol. The van der Waals surface area contributed by atoms with Gasteiger partial charge in [-0.15, -0.1) is 11.3 Å². The van der Waals surface area contributed by atoms with E-state index < -0.39 is 0 Å². The lowest BCUT2D eigenvalue weighted by Crippen LogP contribution is -2.17. The van der Waals surface area contributed by atoms with Crippen LogP contribution in [0.3, 0.4) is 0 Å². The molecule has 3 heterocycles. The minimum Gasteiger partial charge on any atom is -0.395 e. The number of thiophene rings is 1. The van der Waals surface area contributed by atoms with Crippen LogP contribution in [0.1, 0.15) is 0 Å². The van der Waals surface area contributed by atoms with E-state index in [1.807, 2.05) is 72.1 Å². The van der Waals surface area contributed by atoms with Gasteiger partial charge in [-0.3, -0.25) is 9.36 Å². The summed E-state index contributed by atoms with van der Waals surface area (Å²) >= 11 is 7.41. The van der Waals surface area contributed by atoms with Gasteiger partial charge in [0.25, 0.3) is 5.56 Å². The fraction of sp³-hybridized carbons (Fsp3) is 0.174. The molecule has 0 saturated heterocycles. The van der Waals surface area contributed by atoms with Crippen molar-refractivity contribution in [1.29, 1.82) is 0 Å². The molecule has 0 unspecified atom stereocenters. The Morgan fingerprint density at radius 3 is 2.59 bits per heavy atom. The van der Waals surface area contributed by atoms with E-state index in [0.29, 0.717) is 27.5 Å². The summed E-state index contributed by atoms with van der Waals surface area (Å²) in [5, 5.41) is 10.1. The molecule has 162 valence electrons. The van der Waals surface area contributed by atoms with Crippen LogP contribution in [0.2, 0.25) is 5.02 Å². The van der Waals surface area contributed by atoms with Gasteiger partial charge in [-0.2, -0.15) is 0 Å². The zero-order chi connectivity index (χ0) is 22.4. The van der Waals surface area contributed by atoms with Crippen molar-refractivity contribution in [2.24, 2.45) is 0 Å². The summed E-state index contributed by atoms with van der Waals surface area (Å²) in [5.41, 5.74) is 3.88. The lowest BCUT2D eigenvalue weighted by atomic mass is 10.2. The number of rotatable bonds is 5. The van der Waals surface area contributed by atoms with E-state index in [9.17, 15) is 9.90 Å². The maximum atomic E-state index is 13.3. The van der Waals surface area contributed by atoms with Crippen molar-refractivity contribution in [1.82, 2.24) is 19.1 Å². The zero-order valence-corrected chi connectivity index (χ0v) is 19.1. The van der Waals surface area contributed by atoms with Gasteiger partial charge in [0.05, 0.1) is 28.8 Å². The highest BCUT2D eigenvalue weighted by Gasteiger charge is 2.15. The molecular formula is C23H20ClN5O2S. The highest BCUT2D eigenvalue weighted by molar-refractivity contribution is 7.22. The molecule has 0 radical (unpaired) electrons. The van der Waals surface area contributed by atoms with Gasteiger partial charge in [0.1, 0.15) is 11.0 Å². The predicted octanol–water partition coefficient (Wildman–Crippen LogP) is 4.18. The number of fused-ring (bicyclic) bond motifs is 2. The van der Waals surface area contributed by atoms with Crippen LogP contribution in [0.15, 0.2) is 59.7 Å². The van der Waals surface area contributed by atoms with Crippen molar-refractivity contribution in [2.45, 2.75) is 6.54 Å². The molecule has 5 rings (SSSR count). The number of hydrogen-bond acceptors (Lipinski definition) is 6.